The summed E-state index contributed by atoms with van der Waals surface area (Å²) in [6.45, 7) is 9.80. The Kier molecular flexibility index (Phi) is 6.77. The second-order valence-electron chi connectivity index (χ2n) is 9.34. The highest BCUT2D eigenvalue weighted by atomic mass is 16.6. The molecule has 1 fully saturated rings. The van der Waals surface area contributed by atoms with Gasteiger partial charge in [-0.15, -0.1) is 0 Å². The predicted molar refractivity (Wildman–Crippen MR) is 130 cm³/mol. The number of piperidine rings is 1. The maximum absolute atomic E-state index is 12.0. The summed E-state index contributed by atoms with van der Waals surface area (Å²) in [5.41, 5.74) is 1.61. The number of alkyl carbamates (subject to hydrolysis) is 1. The lowest BCUT2D eigenvalue weighted by Crippen LogP contribution is -2.54. The van der Waals surface area contributed by atoms with E-state index in [0.717, 1.165) is 42.9 Å². The molecular formula is C25H32N6O3. The molecule has 1 amide bonds. The summed E-state index contributed by atoms with van der Waals surface area (Å²) in [6.07, 6.45) is 8.45. The van der Waals surface area contributed by atoms with Crippen molar-refractivity contribution >= 4 is 23.7 Å². The van der Waals surface area contributed by atoms with Crippen molar-refractivity contribution < 1.29 is 14.3 Å². The third kappa shape index (κ3) is 5.01. The van der Waals surface area contributed by atoms with E-state index in [9.17, 15) is 10.1 Å². The predicted octanol–water partition coefficient (Wildman–Crippen LogP) is 3.66. The molecule has 4 rings (SSSR count). The van der Waals surface area contributed by atoms with E-state index < -0.39 is 0 Å². The number of aromatic nitrogens is 1. The van der Waals surface area contributed by atoms with Crippen molar-refractivity contribution in [3.05, 3.63) is 41.9 Å². The van der Waals surface area contributed by atoms with Crippen molar-refractivity contribution in [2.75, 3.05) is 24.6 Å². The molecule has 0 aliphatic carbocycles. The fourth-order valence-electron chi connectivity index (χ4n) is 4.51. The Hall–Kier alpha value is -3.54. The lowest BCUT2D eigenvalue weighted by molar-refractivity contribution is 0.102. The third-order valence-electron chi connectivity index (χ3n) is 6.34. The molecule has 3 aliphatic rings. The molecule has 9 nitrogen and oxygen atoms in total. The van der Waals surface area contributed by atoms with E-state index in [0.29, 0.717) is 12.4 Å². The van der Waals surface area contributed by atoms with Crippen LogP contribution in [0.25, 0.3) is 5.57 Å². The number of anilines is 1. The number of fused-ring (bicyclic) bond motifs is 1. The molecular weight excluding hydrogens is 432 g/mol. The smallest absolute Gasteiger partial charge is 0.407 e. The van der Waals surface area contributed by atoms with E-state index >= 15 is 0 Å². The van der Waals surface area contributed by atoms with Crippen LogP contribution in [0.3, 0.4) is 0 Å². The largest absolute Gasteiger partial charge is 0.492 e. The summed E-state index contributed by atoms with van der Waals surface area (Å²) < 4.78 is 11.0. The van der Waals surface area contributed by atoms with Crippen molar-refractivity contribution in [3.63, 3.8) is 0 Å². The quantitative estimate of drug-likeness (QED) is 0.685. The highest BCUT2D eigenvalue weighted by molar-refractivity contribution is 5.81. The van der Waals surface area contributed by atoms with Crippen LogP contribution in [0.15, 0.2) is 41.5 Å². The van der Waals surface area contributed by atoms with Crippen molar-refractivity contribution in [3.8, 4) is 6.07 Å². The molecule has 180 valence electrons. The first-order valence-electron chi connectivity index (χ1n) is 11.8. The van der Waals surface area contributed by atoms with Crippen molar-refractivity contribution in [1.29, 1.82) is 5.26 Å². The minimum atomic E-state index is -0.365. The van der Waals surface area contributed by atoms with Gasteiger partial charge in [0.1, 0.15) is 17.5 Å². The summed E-state index contributed by atoms with van der Waals surface area (Å²) in [7, 11) is 0. The fourth-order valence-corrected chi connectivity index (χ4v) is 4.51. The van der Waals surface area contributed by atoms with Crippen LogP contribution in [0.2, 0.25) is 0 Å². The zero-order valence-corrected chi connectivity index (χ0v) is 20.2. The SMILES string of the molecule is CCOC1=CN2N=CC(C#N)C2C(c2ccc(N3CCC(C)(NC(=O)OC(C)C)CC3)nc2)=C1. The Morgan fingerprint density at radius 3 is 2.74 bits per heavy atom. The van der Waals surface area contributed by atoms with Gasteiger partial charge in [0.05, 0.1) is 31.0 Å². The second-order valence-corrected chi connectivity index (χ2v) is 9.34. The number of rotatable bonds is 6. The molecule has 0 saturated carbocycles. The summed E-state index contributed by atoms with van der Waals surface area (Å²) in [4.78, 5) is 19.0. The first-order chi connectivity index (χ1) is 16.3. The van der Waals surface area contributed by atoms with Crippen LogP contribution < -0.4 is 10.2 Å². The molecule has 0 bridgehead atoms. The number of hydrogen-bond donors (Lipinski definition) is 1. The first kappa shape index (κ1) is 23.6. The van der Waals surface area contributed by atoms with Crippen LogP contribution in [-0.2, 0) is 9.47 Å². The lowest BCUT2D eigenvalue weighted by atomic mass is 9.89. The Bertz CT molecular complexity index is 1030. The van der Waals surface area contributed by atoms with E-state index in [2.05, 4.69) is 28.3 Å². The lowest BCUT2D eigenvalue weighted by Gasteiger charge is -2.40. The summed E-state index contributed by atoms with van der Waals surface area (Å²) in [5.74, 6) is 1.27. The molecule has 0 aromatic carbocycles. The molecule has 2 atom stereocenters. The maximum atomic E-state index is 12.0. The number of carbonyl (C=O) groups is 1. The number of nitrogens with zero attached hydrogens (tertiary/aromatic N) is 5. The highest BCUT2D eigenvalue weighted by Crippen LogP contribution is 2.36. The molecule has 2 unspecified atom stereocenters. The van der Waals surface area contributed by atoms with Crippen molar-refractivity contribution in [2.45, 2.75) is 58.2 Å². The van der Waals surface area contributed by atoms with Gasteiger partial charge in [-0.25, -0.2) is 9.78 Å². The van der Waals surface area contributed by atoms with Crippen LogP contribution in [0.5, 0.6) is 0 Å². The van der Waals surface area contributed by atoms with Gasteiger partial charge < -0.3 is 19.7 Å². The zero-order valence-electron chi connectivity index (χ0n) is 20.2. The van der Waals surface area contributed by atoms with E-state index in [1.807, 2.05) is 51.4 Å². The number of allylic oxidation sites excluding steroid dienone is 1. The van der Waals surface area contributed by atoms with Crippen LogP contribution in [-0.4, -0.2) is 59.7 Å². The fraction of sp³-hybridized carbons (Fsp3) is 0.520. The van der Waals surface area contributed by atoms with Gasteiger partial charge in [-0.05, 0) is 69.9 Å². The van der Waals surface area contributed by atoms with E-state index in [-0.39, 0.29) is 29.7 Å². The molecule has 0 spiro atoms. The topological polar surface area (TPSA) is 103 Å². The number of amides is 1. The van der Waals surface area contributed by atoms with Crippen LogP contribution in [0, 0.1) is 17.2 Å². The van der Waals surface area contributed by atoms with Gasteiger partial charge in [0.15, 0.2) is 0 Å². The standard InChI is InChI=1S/C25H32N6O3/c1-5-33-20-12-21(23-19(13-26)15-28-31(23)16-20)18-6-7-22(27-14-18)30-10-8-25(4,9-11-30)29-24(32)34-17(2)3/h6-7,12,14-17,19,23H,5,8-11H2,1-4H3,(H,29,32). The summed E-state index contributed by atoms with van der Waals surface area (Å²) in [6, 6.07) is 6.20. The molecule has 1 aromatic heterocycles. The number of carbonyl (C=O) groups excluding carboxylic acids is 1. The molecule has 1 N–H and O–H groups in total. The van der Waals surface area contributed by atoms with Crippen molar-refractivity contribution in [1.82, 2.24) is 15.3 Å². The van der Waals surface area contributed by atoms with Gasteiger partial charge in [-0.1, -0.05) is 0 Å². The van der Waals surface area contributed by atoms with Crippen LogP contribution in [0.1, 0.15) is 46.1 Å². The summed E-state index contributed by atoms with van der Waals surface area (Å²) in [5, 5.41) is 18.8. The van der Waals surface area contributed by atoms with E-state index in [1.165, 1.54) is 0 Å². The average Bonchev–Trinajstić information content (AvgIpc) is 3.22. The maximum Gasteiger partial charge on any atom is 0.407 e. The first-order valence-corrected chi connectivity index (χ1v) is 11.8. The van der Waals surface area contributed by atoms with Gasteiger partial charge in [-0.3, -0.25) is 5.01 Å². The number of nitrogens with one attached hydrogen (secondary N) is 1. The molecule has 0 radical (unpaired) electrons. The minimum absolute atomic E-state index is 0.142. The number of hydrogen-bond acceptors (Lipinski definition) is 8. The molecule has 4 heterocycles. The molecule has 1 aromatic rings. The van der Waals surface area contributed by atoms with Gasteiger partial charge >= 0.3 is 6.09 Å². The monoisotopic (exact) mass is 464 g/mol. The van der Waals surface area contributed by atoms with E-state index in [4.69, 9.17) is 14.5 Å². The molecule has 1 saturated heterocycles. The van der Waals surface area contributed by atoms with Crippen LogP contribution in [0.4, 0.5) is 10.6 Å². The van der Waals surface area contributed by atoms with E-state index in [1.54, 1.807) is 11.2 Å². The number of ether oxygens (including phenoxy) is 2. The Balaban J connectivity index is 1.45. The summed E-state index contributed by atoms with van der Waals surface area (Å²) >= 11 is 0. The van der Waals surface area contributed by atoms with Gasteiger partial charge in [0.2, 0.25) is 0 Å². The second kappa shape index (κ2) is 9.75. The van der Waals surface area contributed by atoms with Crippen LogP contribution >= 0.6 is 0 Å². The van der Waals surface area contributed by atoms with Gasteiger partial charge in [0.25, 0.3) is 0 Å². The zero-order chi connectivity index (χ0) is 24.3. The molecule has 3 aliphatic heterocycles. The van der Waals surface area contributed by atoms with Gasteiger partial charge in [-0.2, -0.15) is 10.4 Å². The van der Waals surface area contributed by atoms with Gasteiger partial charge in [0, 0.05) is 31.0 Å². The van der Waals surface area contributed by atoms with Crippen molar-refractivity contribution in [2.24, 2.45) is 11.0 Å². The number of pyridine rings is 1. The number of nitriles is 1. The normalized spacial score (nSPS) is 23.1. The Labute approximate surface area is 200 Å². The average molecular weight is 465 g/mol. The Morgan fingerprint density at radius 2 is 2.12 bits per heavy atom. The molecule has 9 heteroatoms. The third-order valence-corrected chi connectivity index (χ3v) is 6.34. The number of hydrazone groups is 1. The highest BCUT2D eigenvalue weighted by Gasteiger charge is 2.37. The minimum Gasteiger partial charge on any atom is -0.492 e. The Morgan fingerprint density at radius 1 is 1.35 bits per heavy atom. The molecule has 34 heavy (non-hydrogen) atoms.